The van der Waals surface area contributed by atoms with Gasteiger partial charge in [-0.3, -0.25) is 0 Å². The highest BCUT2D eigenvalue weighted by Gasteiger charge is 2.33. The van der Waals surface area contributed by atoms with Crippen molar-refractivity contribution in [3.63, 3.8) is 0 Å². The summed E-state index contributed by atoms with van der Waals surface area (Å²) in [4.78, 5) is 3.79. The van der Waals surface area contributed by atoms with Gasteiger partial charge in [-0.15, -0.1) is 0 Å². The number of ether oxygens (including phenoxy) is 1. The van der Waals surface area contributed by atoms with Crippen LogP contribution in [0, 0.1) is 24.7 Å². The largest absolute Gasteiger partial charge is 0.470 e. The Kier molecular flexibility index (Phi) is 6.04. The van der Waals surface area contributed by atoms with Crippen molar-refractivity contribution in [1.29, 1.82) is 0 Å². The molecule has 1 N–H and O–H groups in total. The monoisotopic (exact) mass is 315 g/mol. The minimum atomic E-state index is -0.273. The van der Waals surface area contributed by atoms with E-state index in [0.717, 1.165) is 18.5 Å². The Bertz CT molecular complexity index is 609. The van der Waals surface area contributed by atoms with Crippen molar-refractivity contribution in [2.24, 2.45) is 22.9 Å². The molecule has 0 radical (unpaired) electrons. The van der Waals surface area contributed by atoms with Gasteiger partial charge >= 0.3 is 11.8 Å². The van der Waals surface area contributed by atoms with Gasteiger partial charge in [0.2, 0.25) is 0 Å². The van der Waals surface area contributed by atoms with E-state index < -0.39 is 0 Å². The Morgan fingerprint density at radius 1 is 1.30 bits per heavy atom. The lowest BCUT2D eigenvalue weighted by molar-refractivity contribution is -0.0811. The average molecular weight is 315 g/mol. The Labute approximate surface area is 138 Å². The second-order valence-electron chi connectivity index (χ2n) is 6.93. The first-order chi connectivity index (χ1) is 11.0. The normalized spacial score (nSPS) is 23.8. The molecule has 1 saturated carbocycles. The van der Waals surface area contributed by atoms with Crippen molar-refractivity contribution in [2.45, 2.75) is 53.1 Å². The van der Waals surface area contributed by atoms with Gasteiger partial charge in [-0.2, -0.15) is 0 Å². The second kappa shape index (κ2) is 8.01. The Hall–Kier alpha value is -2.02. The molecule has 0 heterocycles. The van der Waals surface area contributed by atoms with Gasteiger partial charge in [-0.25, -0.2) is 0 Å². The molecule has 0 unspecified atom stereocenters. The molecule has 0 bridgehead atoms. The van der Waals surface area contributed by atoms with Gasteiger partial charge in [0, 0.05) is 0 Å². The van der Waals surface area contributed by atoms with E-state index in [1.165, 1.54) is 12.0 Å². The minimum Gasteiger partial charge on any atom is -0.470 e. The molecule has 3 atom stereocenters. The van der Waals surface area contributed by atoms with Crippen LogP contribution in [0.2, 0.25) is 0 Å². The summed E-state index contributed by atoms with van der Waals surface area (Å²) in [7, 11) is 0. The Morgan fingerprint density at radius 3 is 2.65 bits per heavy atom. The summed E-state index contributed by atoms with van der Waals surface area (Å²) in [6.45, 7) is 8.66. The molecule has 0 spiro atoms. The molecule has 124 valence electrons. The predicted octanol–water partition coefficient (Wildman–Crippen LogP) is 4.83. The Morgan fingerprint density at radius 2 is 2.00 bits per heavy atom. The number of aliphatic hydroxyl groups excluding tert-OH is 1. The summed E-state index contributed by atoms with van der Waals surface area (Å²) in [5, 5.41) is 13.9. The molecule has 1 aliphatic rings. The topological polar surface area (TPSA) is 55.9 Å². The average Bonchev–Trinajstić information content (AvgIpc) is 2.49. The first-order valence-electron chi connectivity index (χ1n) is 8.41. The van der Waals surface area contributed by atoms with Crippen molar-refractivity contribution in [2.75, 3.05) is 0 Å². The van der Waals surface area contributed by atoms with Gasteiger partial charge < -0.3 is 9.84 Å². The van der Waals surface area contributed by atoms with E-state index in [1.807, 2.05) is 31.2 Å². The molecular weight excluding hydrogens is 288 g/mol. The molecule has 1 aliphatic carbocycles. The summed E-state index contributed by atoms with van der Waals surface area (Å²) in [5.41, 5.74) is 1.89. The molecule has 1 aromatic carbocycles. The zero-order chi connectivity index (χ0) is 16.8. The standard InChI is InChI=1S/C19H26N2O2/c1-13(2)17-10-7-15(4)11-18(17)23-19(22)12-20-21-16-8-5-14(3)6-9-16/h5-6,8-9,13,15,17-18H,7,10-11H2,1-4H3/p+1/t15-,17+,18-/m1/s1. The quantitative estimate of drug-likeness (QED) is 0.374. The van der Waals surface area contributed by atoms with Crippen LogP contribution in [0.4, 0.5) is 5.69 Å². The van der Waals surface area contributed by atoms with Gasteiger partial charge in [0.1, 0.15) is 21.7 Å². The van der Waals surface area contributed by atoms with Gasteiger partial charge in [-0.1, -0.05) is 44.9 Å². The first kappa shape index (κ1) is 17.3. The third-order valence-electron chi connectivity index (χ3n) is 4.57. The maximum absolute atomic E-state index is 9.94. The molecule has 23 heavy (non-hydrogen) atoms. The van der Waals surface area contributed by atoms with Crippen LogP contribution in [-0.4, -0.2) is 21.9 Å². The highest BCUT2D eigenvalue weighted by atomic mass is 16.6. The van der Waals surface area contributed by atoms with E-state index in [9.17, 15) is 5.11 Å². The fourth-order valence-corrected chi connectivity index (χ4v) is 3.16. The van der Waals surface area contributed by atoms with Crippen molar-refractivity contribution in [1.82, 2.24) is 0 Å². The van der Waals surface area contributed by atoms with Crippen LogP contribution >= 0.6 is 0 Å². The molecule has 1 fully saturated rings. The fraction of sp³-hybridized carbons (Fsp3) is 0.579. The van der Waals surface area contributed by atoms with Crippen LogP contribution in [0.3, 0.4) is 0 Å². The first-order valence-corrected chi connectivity index (χ1v) is 8.41. The summed E-state index contributed by atoms with van der Waals surface area (Å²) in [6, 6.07) is 7.67. The summed E-state index contributed by atoms with van der Waals surface area (Å²) in [6.07, 6.45) is 3.36. The third kappa shape index (κ3) is 5.28. The molecular formula is C19H27N2O2+. The molecule has 0 aliphatic heterocycles. The SMILES string of the molecule is Cc1ccc(N=[N+]=C=C(O)O[C@@H]2C[C@H](C)CC[C@H]2C(C)C)cc1. The number of hydrogen-bond acceptors (Lipinski definition) is 3. The van der Waals surface area contributed by atoms with Crippen LogP contribution in [0.5, 0.6) is 0 Å². The number of nitrogens with zero attached hydrogens (tertiary/aromatic N) is 2. The molecule has 0 amide bonds. The zero-order valence-corrected chi connectivity index (χ0v) is 14.5. The van der Waals surface area contributed by atoms with Crippen LogP contribution in [-0.2, 0) is 4.74 Å². The summed E-state index contributed by atoms with van der Waals surface area (Å²) >= 11 is 0. The highest BCUT2D eigenvalue weighted by Crippen LogP contribution is 2.35. The van der Waals surface area contributed by atoms with Crippen LogP contribution in [0.1, 0.15) is 45.6 Å². The Balaban J connectivity index is 2.07. The lowest BCUT2D eigenvalue weighted by Crippen LogP contribution is -2.34. The summed E-state index contributed by atoms with van der Waals surface area (Å²) in [5.74, 6) is 3.82. The van der Waals surface area contributed by atoms with Gasteiger partial charge in [0.15, 0.2) is 0 Å². The molecule has 4 nitrogen and oxygen atoms in total. The van der Waals surface area contributed by atoms with Crippen molar-refractivity contribution < 1.29 is 14.6 Å². The van der Waals surface area contributed by atoms with Crippen molar-refractivity contribution >= 4 is 11.6 Å². The van der Waals surface area contributed by atoms with Gasteiger partial charge in [0.05, 0.1) is 0 Å². The second-order valence-corrected chi connectivity index (χ2v) is 6.93. The molecule has 4 heteroatoms. The maximum atomic E-state index is 9.94. The van der Waals surface area contributed by atoms with Crippen LogP contribution < -0.4 is 0 Å². The number of rotatable bonds is 4. The van der Waals surface area contributed by atoms with E-state index in [2.05, 4.69) is 36.5 Å². The molecule has 0 aromatic heterocycles. The highest BCUT2D eigenvalue weighted by molar-refractivity contribution is 5.46. The zero-order valence-electron chi connectivity index (χ0n) is 14.5. The van der Waals surface area contributed by atoms with Crippen molar-refractivity contribution in [3.05, 3.63) is 35.8 Å². The maximum Gasteiger partial charge on any atom is 0.441 e. The van der Waals surface area contributed by atoms with E-state index >= 15 is 0 Å². The summed E-state index contributed by atoms with van der Waals surface area (Å²) < 4.78 is 5.70. The lowest BCUT2D eigenvalue weighted by atomic mass is 9.75. The lowest BCUT2D eigenvalue weighted by Gasteiger charge is -2.36. The molecule has 0 saturated heterocycles. The van der Waals surface area contributed by atoms with Crippen LogP contribution in [0.15, 0.2) is 35.3 Å². The van der Waals surface area contributed by atoms with E-state index in [1.54, 1.807) is 0 Å². The molecule has 1 aromatic rings. The van der Waals surface area contributed by atoms with Crippen LogP contribution in [0.25, 0.3) is 0 Å². The van der Waals surface area contributed by atoms with Crippen molar-refractivity contribution in [3.8, 4) is 0 Å². The number of aliphatic hydroxyl groups is 1. The number of benzene rings is 1. The predicted molar refractivity (Wildman–Crippen MR) is 90.9 cm³/mol. The molecule has 2 rings (SSSR count). The van der Waals surface area contributed by atoms with E-state index in [0.29, 0.717) is 17.8 Å². The van der Waals surface area contributed by atoms with E-state index in [-0.39, 0.29) is 12.0 Å². The fourth-order valence-electron chi connectivity index (χ4n) is 3.16. The van der Waals surface area contributed by atoms with Gasteiger partial charge in [0.25, 0.3) is 0 Å². The van der Waals surface area contributed by atoms with E-state index in [4.69, 9.17) is 4.74 Å². The third-order valence-corrected chi connectivity index (χ3v) is 4.57. The minimum absolute atomic E-state index is 0.0285. The van der Waals surface area contributed by atoms with Gasteiger partial charge in [-0.05, 0) is 49.7 Å². The number of hydrogen-bond donors (Lipinski definition) is 1. The number of aryl methyl sites for hydroxylation is 1. The smallest absolute Gasteiger partial charge is 0.441 e.